The number of likely N-dealkylation sites (N-methyl/N-ethyl adjacent to an activating group) is 1. The molecule has 1 aliphatic carbocycles. The van der Waals surface area contributed by atoms with Gasteiger partial charge in [0.05, 0.1) is 5.56 Å². The Morgan fingerprint density at radius 3 is 2.00 bits per heavy atom. The van der Waals surface area contributed by atoms with Crippen LogP contribution in [0.1, 0.15) is 31.2 Å². The number of rotatable bonds is 6. The van der Waals surface area contributed by atoms with Gasteiger partial charge in [-0.15, -0.1) is 0 Å². The van der Waals surface area contributed by atoms with Crippen LogP contribution in [0.5, 0.6) is 0 Å². The highest BCUT2D eigenvalue weighted by Crippen LogP contribution is 2.31. The zero-order valence-corrected chi connectivity index (χ0v) is 15.6. The van der Waals surface area contributed by atoms with Crippen molar-refractivity contribution in [2.24, 2.45) is 11.8 Å². The average molecular weight is 385 g/mol. The first-order chi connectivity index (χ1) is 12.7. The molecule has 1 fully saturated rings. The summed E-state index contributed by atoms with van der Waals surface area (Å²) in [5.74, 6) is -0.486. The Bertz CT molecular complexity index is 637. The van der Waals surface area contributed by atoms with Gasteiger partial charge in [0.15, 0.2) is 0 Å². The first-order valence-electron chi connectivity index (χ1n) is 9.07. The van der Waals surface area contributed by atoms with E-state index in [-0.39, 0.29) is 23.7 Å². The Hall–Kier alpha value is -2.09. The molecule has 1 aromatic carbocycles. The number of alkyl halides is 3. The minimum atomic E-state index is -4.39. The molecule has 1 aliphatic rings. The zero-order chi connectivity index (χ0) is 20.0. The van der Waals surface area contributed by atoms with Crippen molar-refractivity contribution < 1.29 is 22.8 Å². The number of benzene rings is 1. The van der Waals surface area contributed by atoms with Gasteiger partial charge in [-0.1, -0.05) is 0 Å². The highest BCUT2D eigenvalue weighted by molar-refractivity contribution is 5.92. The van der Waals surface area contributed by atoms with Crippen molar-refractivity contribution in [3.05, 3.63) is 29.8 Å². The lowest BCUT2D eigenvalue weighted by atomic mass is 9.81. The molecule has 0 spiro atoms. The van der Waals surface area contributed by atoms with E-state index in [0.29, 0.717) is 37.9 Å². The summed E-state index contributed by atoms with van der Waals surface area (Å²) < 4.78 is 37.7. The normalized spacial score (nSPS) is 20.4. The lowest BCUT2D eigenvalue weighted by Gasteiger charge is -2.27. The molecule has 150 valence electrons. The van der Waals surface area contributed by atoms with E-state index >= 15 is 0 Å². The van der Waals surface area contributed by atoms with E-state index in [1.165, 1.54) is 12.1 Å². The molecule has 1 saturated carbocycles. The van der Waals surface area contributed by atoms with Crippen molar-refractivity contribution in [2.45, 2.75) is 31.9 Å². The highest BCUT2D eigenvalue weighted by Gasteiger charge is 2.31. The summed E-state index contributed by atoms with van der Waals surface area (Å²) in [5, 5.41) is 5.58. The maximum atomic E-state index is 12.6. The first-order valence-corrected chi connectivity index (χ1v) is 9.07. The number of nitrogens with zero attached hydrogens (tertiary/aromatic N) is 1. The van der Waals surface area contributed by atoms with Crippen LogP contribution in [0.25, 0.3) is 0 Å². The quantitative estimate of drug-likeness (QED) is 0.791. The van der Waals surface area contributed by atoms with Crippen LogP contribution in [-0.4, -0.2) is 43.9 Å². The van der Waals surface area contributed by atoms with Gasteiger partial charge >= 0.3 is 6.18 Å². The molecule has 0 unspecified atom stereocenters. The van der Waals surface area contributed by atoms with Crippen LogP contribution >= 0.6 is 0 Å². The van der Waals surface area contributed by atoms with Gasteiger partial charge in [0.1, 0.15) is 0 Å². The molecule has 2 rings (SSSR count). The van der Waals surface area contributed by atoms with E-state index in [4.69, 9.17) is 0 Å². The monoisotopic (exact) mass is 385 g/mol. The fraction of sp³-hybridized carbons (Fsp3) is 0.579. The summed E-state index contributed by atoms with van der Waals surface area (Å²) in [7, 11) is 3.87. The minimum absolute atomic E-state index is 0.0263. The van der Waals surface area contributed by atoms with Crippen molar-refractivity contribution in [3.63, 3.8) is 0 Å². The van der Waals surface area contributed by atoms with Crippen LogP contribution in [0.2, 0.25) is 0 Å². The molecule has 27 heavy (non-hydrogen) atoms. The predicted octanol–water partition coefficient (Wildman–Crippen LogP) is 3.13. The lowest BCUT2D eigenvalue weighted by Crippen LogP contribution is -2.38. The van der Waals surface area contributed by atoms with Gasteiger partial charge in [-0.3, -0.25) is 9.59 Å². The third-order valence-corrected chi connectivity index (χ3v) is 4.81. The number of hydrogen-bond donors (Lipinski definition) is 2. The Kier molecular flexibility index (Phi) is 7.24. The molecule has 0 aromatic heterocycles. The second-order valence-corrected chi connectivity index (χ2v) is 7.21. The highest BCUT2D eigenvalue weighted by atomic mass is 19.4. The molecule has 2 N–H and O–H groups in total. The molecule has 0 radical (unpaired) electrons. The summed E-state index contributed by atoms with van der Waals surface area (Å²) in [6.45, 7) is 1.37. The van der Waals surface area contributed by atoms with Gasteiger partial charge in [0.2, 0.25) is 11.8 Å². The van der Waals surface area contributed by atoms with Crippen LogP contribution < -0.4 is 10.6 Å². The molecular weight excluding hydrogens is 359 g/mol. The van der Waals surface area contributed by atoms with Crippen molar-refractivity contribution in [3.8, 4) is 0 Å². The summed E-state index contributed by atoms with van der Waals surface area (Å²) in [4.78, 5) is 26.5. The van der Waals surface area contributed by atoms with Gasteiger partial charge in [-0.25, -0.2) is 0 Å². The van der Waals surface area contributed by atoms with Crippen LogP contribution in [0.4, 0.5) is 18.9 Å². The second-order valence-electron chi connectivity index (χ2n) is 7.21. The van der Waals surface area contributed by atoms with Crippen molar-refractivity contribution in [2.75, 3.05) is 32.5 Å². The van der Waals surface area contributed by atoms with E-state index in [1.807, 2.05) is 19.0 Å². The number of halogens is 3. The fourth-order valence-corrected chi connectivity index (χ4v) is 3.15. The van der Waals surface area contributed by atoms with E-state index in [2.05, 4.69) is 10.6 Å². The van der Waals surface area contributed by atoms with E-state index < -0.39 is 11.7 Å². The molecule has 8 heteroatoms. The first kappa shape index (κ1) is 21.2. The molecule has 0 aliphatic heterocycles. The molecule has 5 nitrogen and oxygen atoms in total. The topological polar surface area (TPSA) is 61.4 Å². The van der Waals surface area contributed by atoms with Gasteiger partial charge < -0.3 is 15.5 Å². The largest absolute Gasteiger partial charge is 0.416 e. The molecule has 2 amide bonds. The molecule has 1 aromatic rings. The standard InChI is InChI=1S/C19H26F3N3O2/c1-25(2)12-11-23-17(26)13-3-5-14(6-4-13)18(27)24-16-9-7-15(8-10-16)19(20,21)22/h7-10,13-14H,3-6,11-12H2,1-2H3,(H,23,26)(H,24,27). The van der Waals surface area contributed by atoms with Crippen LogP contribution in [0.3, 0.4) is 0 Å². The Morgan fingerprint density at radius 1 is 1.00 bits per heavy atom. The van der Waals surface area contributed by atoms with Crippen LogP contribution in [0.15, 0.2) is 24.3 Å². The third-order valence-electron chi connectivity index (χ3n) is 4.81. The van der Waals surface area contributed by atoms with Crippen LogP contribution in [0, 0.1) is 11.8 Å². The van der Waals surface area contributed by atoms with Crippen LogP contribution in [-0.2, 0) is 15.8 Å². The Morgan fingerprint density at radius 2 is 1.52 bits per heavy atom. The molecular formula is C19H26F3N3O2. The number of anilines is 1. The number of carbonyl (C=O) groups is 2. The molecule has 0 heterocycles. The smallest absolute Gasteiger partial charge is 0.355 e. The lowest BCUT2D eigenvalue weighted by molar-refractivity contribution is -0.137. The number of nitrogens with one attached hydrogen (secondary N) is 2. The average Bonchev–Trinajstić information content (AvgIpc) is 2.61. The Balaban J connectivity index is 1.78. The second kappa shape index (κ2) is 9.21. The third kappa shape index (κ3) is 6.53. The predicted molar refractivity (Wildman–Crippen MR) is 97.1 cm³/mol. The Labute approximate surface area is 157 Å². The van der Waals surface area contributed by atoms with E-state index in [9.17, 15) is 22.8 Å². The molecule has 0 bridgehead atoms. The van der Waals surface area contributed by atoms with Gasteiger partial charge in [0.25, 0.3) is 0 Å². The van der Waals surface area contributed by atoms with Gasteiger partial charge in [-0.05, 0) is 64.0 Å². The summed E-state index contributed by atoms with van der Waals surface area (Å²) >= 11 is 0. The fourth-order valence-electron chi connectivity index (χ4n) is 3.15. The number of amides is 2. The maximum Gasteiger partial charge on any atom is 0.416 e. The van der Waals surface area contributed by atoms with Crippen molar-refractivity contribution >= 4 is 17.5 Å². The number of carbonyl (C=O) groups excluding carboxylic acids is 2. The SMILES string of the molecule is CN(C)CCNC(=O)C1CCC(C(=O)Nc2ccc(C(F)(F)F)cc2)CC1. The van der Waals surface area contributed by atoms with Gasteiger partial charge in [0, 0.05) is 30.6 Å². The van der Waals surface area contributed by atoms with Crippen molar-refractivity contribution in [1.82, 2.24) is 10.2 Å². The van der Waals surface area contributed by atoms with E-state index in [0.717, 1.165) is 18.7 Å². The summed E-state index contributed by atoms with van der Waals surface area (Å²) in [6.07, 6.45) is -1.93. The summed E-state index contributed by atoms with van der Waals surface area (Å²) in [6, 6.07) is 4.41. The molecule has 0 atom stereocenters. The zero-order valence-electron chi connectivity index (χ0n) is 15.6. The molecule has 0 saturated heterocycles. The van der Waals surface area contributed by atoms with Crippen molar-refractivity contribution in [1.29, 1.82) is 0 Å². The summed E-state index contributed by atoms with van der Waals surface area (Å²) in [5.41, 5.74) is -0.405. The minimum Gasteiger partial charge on any atom is -0.355 e. The number of hydrogen-bond acceptors (Lipinski definition) is 3. The van der Waals surface area contributed by atoms with E-state index in [1.54, 1.807) is 0 Å². The maximum absolute atomic E-state index is 12.6. The van der Waals surface area contributed by atoms with Gasteiger partial charge in [-0.2, -0.15) is 13.2 Å².